The molecule has 2 amide bonds. The van der Waals surface area contributed by atoms with E-state index >= 15 is 0 Å². The first-order chi connectivity index (χ1) is 11.0. The van der Waals surface area contributed by atoms with Crippen molar-refractivity contribution in [1.29, 1.82) is 0 Å². The van der Waals surface area contributed by atoms with Crippen LogP contribution in [0.3, 0.4) is 0 Å². The number of benzene rings is 2. The third-order valence-corrected chi connectivity index (χ3v) is 3.75. The molecule has 23 heavy (non-hydrogen) atoms. The molecule has 2 rings (SSSR count). The number of hydrogen-bond donors (Lipinski definition) is 2. The Morgan fingerprint density at radius 1 is 1.09 bits per heavy atom. The Morgan fingerprint density at radius 3 is 2.48 bits per heavy atom. The van der Waals surface area contributed by atoms with Crippen molar-refractivity contribution in [2.24, 2.45) is 0 Å². The Hall–Kier alpha value is -2.21. The van der Waals surface area contributed by atoms with Gasteiger partial charge in [0, 0.05) is 22.3 Å². The number of rotatable bonds is 5. The summed E-state index contributed by atoms with van der Waals surface area (Å²) in [7, 11) is 0. The van der Waals surface area contributed by atoms with E-state index in [-0.39, 0.29) is 11.5 Å². The van der Waals surface area contributed by atoms with Gasteiger partial charge in [-0.25, -0.2) is 4.39 Å². The van der Waals surface area contributed by atoms with E-state index in [1.165, 1.54) is 12.1 Å². The molecule has 0 aliphatic rings. The molecule has 0 saturated heterocycles. The predicted molar refractivity (Wildman–Crippen MR) is 92.0 cm³/mol. The molecule has 0 heterocycles. The summed E-state index contributed by atoms with van der Waals surface area (Å²) in [5.74, 6) is -1.00. The number of carbonyl (C=O) groups is 2. The van der Waals surface area contributed by atoms with Crippen LogP contribution < -0.4 is 10.6 Å². The Morgan fingerprint density at radius 2 is 1.78 bits per heavy atom. The van der Waals surface area contributed by atoms with E-state index in [4.69, 9.17) is 0 Å². The third kappa shape index (κ3) is 4.89. The molecule has 2 aromatic rings. The van der Waals surface area contributed by atoms with Crippen molar-refractivity contribution in [1.82, 2.24) is 0 Å². The Labute approximate surface area is 142 Å². The van der Waals surface area contributed by atoms with Gasteiger partial charge in [0.2, 0.25) is 5.91 Å². The molecule has 0 unspecified atom stereocenters. The summed E-state index contributed by atoms with van der Waals surface area (Å²) in [6, 6.07) is 10.7. The topological polar surface area (TPSA) is 58.2 Å². The second kappa shape index (κ2) is 7.87. The summed E-state index contributed by atoms with van der Waals surface area (Å²) in [6.07, 6.45) is 1.20. The first-order valence-electron chi connectivity index (χ1n) is 7.16. The van der Waals surface area contributed by atoms with Gasteiger partial charge in [0.15, 0.2) is 0 Å². The highest BCUT2D eigenvalue weighted by Crippen LogP contribution is 2.21. The van der Waals surface area contributed by atoms with Gasteiger partial charge in [0.25, 0.3) is 5.91 Å². The first-order valence-corrected chi connectivity index (χ1v) is 7.95. The maximum Gasteiger partial charge on any atom is 0.256 e. The molecule has 2 aromatic carbocycles. The van der Waals surface area contributed by atoms with E-state index in [2.05, 4.69) is 26.6 Å². The van der Waals surface area contributed by atoms with Crippen LogP contribution in [-0.4, -0.2) is 11.8 Å². The minimum Gasteiger partial charge on any atom is -0.326 e. The summed E-state index contributed by atoms with van der Waals surface area (Å²) in [6.45, 7) is 1.92. The zero-order chi connectivity index (χ0) is 16.8. The maximum atomic E-state index is 13.3. The summed E-state index contributed by atoms with van der Waals surface area (Å²) in [5.41, 5.74) is 1.31. The lowest BCUT2D eigenvalue weighted by Crippen LogP contribution is -2.14. The number of anilines is 2. The molecule has 2 N–H and O–H groups in total. The van der Waals surface area contributed by atoms with Gasteiger partial charge in [-0.1, -0.05) is 13.0 Å². The zero-order valence-corrected chi connectivity index (χ0v) is 14.1. The van der Waals surface area contributed by atoms with Gasteiger partial charge >= 0.3 is 0 Å². The van der Waals surface area contributed by atoms with E-state index in [1.807, 2.05) is 6.92 Å². The van der Waals surface area contributed by atoms with Crippen LogP contribution >= 0.6 is 15.9 Å². The monoisotopic (exact) mass is 378 g/mol. The molecular formula is C17H16BrFN2O2. The van der Waals surface area contributed by atoms with Crippen LogP contribution in [-0.2, 0) is 4.79 Å². The zero-order valence-electron chi connectivity index (χ0n) is 12.5. The minimum atomic E-state index is -0.487. The summed E-state index contributed by atoms with van der Waals surface area (Å²) in [5, 5.41) is 5.44. The molecule has 0 fully saturated rings. The van der Waals surface area contributed by atoms with Gasteiger partial charge in [0.1, 0.15) is 5.82 Å². The van der Waals surface area contributed by atoms with Crippen LogP contribution in [0.1, 0.15) is 30.1 Å². The number of amides is 2. The number of halogens is 2. The van der Waals surface area contributed by atoms with E-state index in [0.717, 1.165) is 12.5 Å². The van der Waals surface area contributed by atoms with Crippen molar-refractivity contribution in [3.05, 3.63) is 58.3 Å². The lowest BCUT2D eigenvalue weighted by atomic mass is 10.2. The molecule has 0 bridgehead atoms. The molecule has 0 radical (unpaired) electrons. The van der Waals surface area contributed by atoms with Gasteiger partial charge in [-0.2, -0.15) is 0 Å². The molecule has 0 aliphatic carbocycles. The number of hydrogen-bond acceptors (Lipinski definition) is 2. The van der Waals surface area contributed by atoms with Crippen molar-refractivity contribution in [3.63, 3.8) is 0 Å². The maximum absolute atomic E-state index is 13.3. The van der Waals surface area contributed by atoms with E-state index in [1.54, 1.807) is 24.3 Å². The van der Waals surface area contributed by atoms with Crippen molar-refractivity contribution in [2.75, 3.05) is 10.6 Å². The van der Waals surface area contributed by atoms with Crippen molar-refractivity contribution >= 4 is 39.1 Å². The van der Waals surface area contributed by atoms with Gasteiger partial charge < -0.3 is 10.6 Å². The normalized spacial score (nSPS) is 10.2. The fourth-order valence-electron chi connectivity index (χ4n) is 2.00. The largest absolute Gasteiger partial charge is 0.326 e. The molecule has 4 nitrogen and oxygen atoms in total. The standard InChI is InChI=1S/C17H16BrFN2O2/c1-2-4-16(22)20-12-5-3-6-13(10-12)21-17(23)14-9-11(19)7-8-15(14)18/h3,5-10H,2,4H2,1H3,(H,20,22)(H,21,23). The van der Waals surface area contributed by atoms with Crippen LogP contribution in [0.5, 0.6) is 0 Å². The molecular weight excluding hydrogens is 363 g/mol. The Bertz CT molecular complexity index is 734. The van der Waals surface area contributed by atoms with E-state index in [0.29, 0.717) is 22.3 Å². The van der Waals surface area contributed by atoms with Gasteiger partial charge in [-0.3, -0.25) is 9.59 Å². The fraction of sp³-hybridized carbons (Fsp3) is 0.176. The lowest BCUT2D eigenvalue weighted by Gasteiger charge is -2.09. The van der Waals surface area contributed by atoms with Gasteiger partial charge in [0.05, 0.1) is 5.56 Å². The first kappa shape index (κ1) is 17.1. The van der Waals surface area contributed by atoms with Gasteiger partial charge in [-0.15, -0.1) is 0 Å². The van der Waals surface area contributed by atoms with Crippen LogP contribution in [0.2, 0.25) is 0 Å². The molecule has 0 saturated carbocycles. The summed E-state index contributed by atoms with van der Waals surface area (Å²) >= 11 is 3.22. The summed E-state index contributed by atoms with van der Waals surface area (Å²) < 4.78 is 13.8. The quantitative estimate of drug-likeness (QED) is 0.799. The minimum absolute atomic E-state index is 0.0798. The van der Waals surface area contributed by atoms with Crippen LogP contribution in [0.4, 0.5) is 15.8 Å². The highest BCUT2D eigenvalue weighted by Gasteiger charge is 2.12. The number of nitrogens with one attached hydrogen (secondary N) is 2. The second-order valence-electron chi connectivity index (χ2n) is 4.96. The SMILES string of the molecule is CCCC(=O)Nc1cccc(NC(=O)c2cc(F)ccc2Br)c1. The third-order valence-electron chi connectivity index (χ3n) is 3.05. The van der Waals surface area contributed by atoms with E-state index < -0.39 is 11.7 Å². The van der Waals surface area contributed by atoms with Crippen molar-refractivity contribution < 1.29 is 14.0 Å². The summed E-state index contributed by atoms with van der Waals surface area (Å²) in [4.78, 5) is 23.8. The molecule has 0 spiro atoms. The second-order valence-corrected chi connectivity index (χ2v) is 5.81. The van der Waals surface area contributed by atoms with Crippen LogP contribution in [0, 0.1) is 5.82 Å². The average molecular weight is 379 g/mol. The predicted octanol–water partition coefficient (Wildman–Crippen LogP) is 4.58. The highest BCUT2D eigenvalue weighted by molar-refractivity contribution is 9.10. The van der Waals surface area contributed by atoms with Crippen molar-refractivity contribution in [2.45, 2.75) is 19.8 Å². The van der Waals surface area contributed by atoms with Crippen LogP contribution in [0.15, 0.2) is 46.9 Å². The van der Waals surface area contributed by atoms with Crippen molar-refractivity contribution in [3.8, 4) is 0 Å². The fourth-order valence-corrected chi connectivity index (χ4v) is 2.42. The molecule has 6 heteroatoms. The molecule has 0 aliphatic heterocycles. The lowest BCUT2D eigenvalue weighted by molar-refractivity contribution is -0.116. The average Bonchev–Trinajstić information content (AvgIpc) is 2.50. The Balaban J connectivity index is 2.12. The Kier molecular flexibility index (Phi) is 5.87. The molecule has 0 atom stereocenters. The van der Waals surface area contributed by atoms with Gasteiger partial charge in [-0.05, 0) is 58.7 Å². The highest BCUT2D eigenvalue weighted by atomic mass is 79.9. The smallest absolute Gasteiger partial charge is 0.256 e. The van der Waals surface area contributed by atoms with E-state index in [9.17, 15) is 14.0 Å². The molecule has 120 valence electrons. The molecule has 0 aromatic heterocycles. The number of carbonyl (C=O) groups excluding carboxylic acids is 2. The van der Waals surface area contributed by atoms with Crippen LogP contribution in [0.25, 0.3) is 0 Å².